The van der Waals surface area contributed by atoms with Gasteiger partial charge in [0.05, 0.1) is 0 Å². The van der Waals surface area contributed by atoms with Crippen LogP contribution in [0.15, 0.2) is 30.2 Å². The van der Waals surface area contributed by atoms with Gasteiger partial charge in [0.15, 0.2) is 0 Å². The van der Waals surface area contributed by atoms with Gasteiger partial charge in [-0.05, 0) is 13.0 Å². The van der Waals surface area contributed by atoms with Gasteiger partial charge in [-0.15, -0.1) is 13.2 Å². The van der Waals surface area contributed by atoms with Crippen LogP contribution in [0.3, 0.4) is 0 Å². The van der Waals surface area contributed by atoms with Crippen LogP contribution in [0, 0.1) is 6.92 Å². The maximum atomic E-state index is 10.3. The number of nitrogens with one attached hydrogen (secondary N) is 1. The largest absolute Gasteiger partial charge is 0.345 e. The highest BCUT2D eigenvalue weighted by Crippen LogP contribution is 1.78. The van der Waals surface area contributed by atoms with Crippen molar-refractivity contribution < 1.29 is 0 Å². The van der Waals surface area contributed by atoms with Gasteiger partial charge in [0, 0.05) is 11.9 Å². The Kier molecular flexibility index (Phi) is 3.87. The average molecular weight is 138 g/mol. The monoisotopic (exact) mass is 138 g/mol. The molecule has 0 aromatic carbocycles. The van der Waals surface area contributed by atoms with E-state index in [0.29, 0.717) is 0 Å². The van der Waals surface area contributed by atoms with Crippen molar-refractivity contribution in [2.75, 3.05) is 0 Å². The van der Waals surface area contributed by atoms with Crippen molar-refractivity contribution in [1.82, 2.24) is 9.97 Å². The smallest absolute Gasteiger partial charge is 0.310 e. The Bertz CT molecular complexity index is 241. The van der Waals surface area contributed by atoms with Crippen LogP contribution in [0.2, 0.25) is 0 Å². The number of hydrogen-bond donors (Lipinski definition) is 1. The second-order valence-electron chi connectivity index (χ2n) is 1.56. The Balaban J connectivity index is 0.000000371. The molecular formula is C7H10N2O. The van der Waals surface area contributed by atoms with Gasteiger partial charge in [0.1, 0.15) is 0 Å². The number of rotatable bonds is 0. The number of aryl methyl sites for hydroxylation is 1. The highest BCUT2D eigenvalue weighted by molar-refractivity contribution is 4.92. The molecule has 10 heavy (non-hydrogen) atoms. The Hall–Kier alpha value is -1.38. The van der Waals surface area contributed by atoms with Crippen molar-refractivity contribution >= 4 is 0 Å². The molecule has 3 heteroatoms. The third-order valence-corrected chi connectivity index (χ3v) is 0.820. The van der Waals surface area contributed by atoms with Gasteiger partial charge in [0.25, 0.3) is 0 Å². The van der Waals surface area contributed by atoms with Gasteiger partial charge < -0.3 is 4.98 Å². The van der Waals surface area contributed by atoms with Gasteiger partial charge in [-0.25, -0.2) is 9.78 Å². The summed E-state index contributed by atoms with van der Waals surface area (Å²) in [4.78, 5) is 16.3. The molecule has 0 unspecified atom stereocenters. The van der Waals surface area contributed by atoms with E-state index in [9.17, 15) is 4.79 Å². The van der Waals surface area contributed by atoms with Crippen molar-refractivity contribution in [1.29, 1.82) is 0 Å². The molecule has 0 saturated carbocycles. The molecule has 0 spiro atoms. The molecule has 0 radical (unpaired) electrons. The first-order valence-electron chi connectivity index (χ1n) is 2.81. The lowest BCUT2D eigenvalue weighted by Crippen LogP contribution is -2.08. The summed E-state index contributed by atoms with van der Waals surface area (Å²) in [6, 6.07) is 1.74. The first-order chi connectivity index (χ1) is 4.79. The fourth-order valence-electron chi connectivity index (χ4n) is 0.459. The fourth-order valence-corrected chi connectivity index (χ4v) is 0.459. The van der Waals surface area contributed by atoms with E-state index in [1.54, 1.807) is 6.07 Å². The van der Waals surface area contributed by atoms with Crippen LogP contribution in [0.25, 0.3) is 0 Å². The number of hydrogen-bond acceptors (Lipinski definition) is 2. The summed E-state index contributed by atoms with van der Waals surface area (Å²) in [5.74, 6) is 0. The zero-order valence-corrected chi connectivity index (χ0v) is 5.92. The van der Waals surface area contributed by atoms with E-state index >= 15 is 0 Å². The number of H-pyrrole nitrogens is 1. The van der Waals surface area contributed by atoms with Crippen molar-refractivity contribution in [3.8, 4) is 0 Å². The van der Waals surface area contributed by atoms with E-state index in [1.165, 1.54) is 6.20 Å². The lowest BCUT2D eigenvalue weighted by molar-refractivity contribution is 1.03. The summed E-state index contributed by atoms with van der Waals surface area (Å²) in [5.41, 5.74) is 0.551. The van der Waals surface area contributed by atoms with Gasteiger partial charge in [-0.2, -0.15) is 0 Å². The van der Waals surface area contributed by atoms with E-state index in [-0.39, 0.29) is 5.69 Å². The molecule has 0 aliphatic rings. The van der Waals surface area contributed by atoms with Crippen LogP contribution < -0.4 is 5.69 Å². The Morgan fingerprint density at radius 1 is 1.60 bits per heavy atom. The van der Waals surface area contributed by atoms with Crippen molar-refractivity contribution in [3.63, 3.8) is 0 Å². The molecular weight excluding hydrogens is 128 g/mol. The third kappa shape index (κ3) is 2.81. The average Bonchev–Trinajstić information content (AvgIpc) is 1.91. The molecule has 3 nitrogen and oxygen atoms in total. The molecule has 1 heterocycles. The predicted octanol–water partition coefficient (Wildman–Crippen LogP) is 0.881. The number of aromatic nitrogens is 2. The van der Waals surface area contributed by atoms with E-state index in [4.69, 9.17) is 0 Å². The van der Waals surface area contributed by atoms with Gasteiger partial charge in [0.2, 0.25) is 0 Å². The second kappa shape index (κ2) is 4.49. The minimum atomic E-state index is -0.287. The van der Waals surface area contributed by atoms with Crippen molar-refractivity contribution in [2.24, 2.45) is 0 Å². The van der Waals surface area contributed by atoms with Gasteiger partial charge in [-0.1, -0.05) is 0 Å². The van der Waals surface area contributed by atoms with E-state index in [2.05, 4.69) is 23.1 Å². The van der Waals surface area contributed by atoms with Crippen LogP contribution in [-0.4, -0.2) is 9.97 Å². The summed E-state index contributed by atoms with van der Waals surface area (Å²) in [6.07, 6.45) is 1.48. The summed E-state index contributed by atoms with van der Waals surface area (Å²) >= 11 is 0. The first-order valence-corrected chi connectivity index (χ1v) is 2.81. The van der Waals surface area contributed by atoms with Crippen molar-refractivity contribution in [2.45, 2.75) is 6.92 Å². The summed E-state index contributed by atoms with van der Waals surface area (Å²) in [5, 5.41) is 0. The molecule has 1 N–H and O–H groups in total. The molecule has 0 aliphatic heterocycles. The lowest BCUT2D eigenvalue weighted by Gasteiger charge is -1.84. The summed E-state index contributed by atoms with van der Waals surface area (Å²) in [6.45, 7) is 7.81. The van der Waals surface area contributed by atoms with Crippen molar-refractivity contribution in [3.05, 3.63) is 41.6 Å². The number of nitrogens with zero attached hydrogens (tertiary/aromatic N) is 1. The van der Waals surface area contributed by atoms with E-state index in [0.717, 1.165) is 5.69 Å². The van der Waals surface area contributed by atoms with Crippen LogP contribution >= 0.6 is 0 Å². The molecule has 1 rings (SSSR count). The molecule has 0 atom stereocenters. The highest BCUT2D eigenvalue weighted by Gasteiger charge is 1.80. The first kappa shape index (κ1) is 8.62. The molecule has 0 saturated heterocycles. The summed E-state index contributed by atoms with van der Waals surface area (Å²) in [7, 11) is 0. The van der Waals surface area contributed by atoms with Gasteiger partial charge >= 0.3 is 5.69 Å². The standard InChI is InChI=1S/C5H6N2O.C2H4/c1-4-2-3-6-5(8)7-4;1-2/h2-3H,1H3,(H,6,7,8);1-2H2. The maximum Gasteiger partial charge on any atom is 0.345 e. The minimum absolute atomic E-state index is 0.287. The maximum absolute atomic E-state index is 10.3. The van der Waals surface area contributed by atoms with E-state index < -0.39 is 0 Å². The molecule has 0 amide bonds. The molecule has 1 aromatic rings. The van der Waals surface area contributed by atoms with Crippen LogP contribution in [0.5, 0.6) is 0 Å². The molecule has 1 aromatic heterocycles. The van der Waals surface area contributed by atoms with E-state index in [1.807, 2.05) is 6.92 Å². The zero-order valence-electron chi connectivity index (χ0n) is 5.92. The molecule has 54 valence electrons. The molecule has 0 bridgehead atoms. The SMILES string of the molecule is C=C.Cc1ccnc(=O)[nH]1. The Morgan fingerprint density at radius 2 is 2.20 bits per heavy atom. The quantitative estimate of drug-likeness (QED) is 0.541. The van der Waals surface area contributed by atoms with Crippen LogP contribution in [0.1, 0.15) is 5.69 Å². The third-order valence-electron chi connectivity index (χ3n) is 0.820. The zero-order chi connectivity index (χ0) is 7.98. The van der Waals surface area contributed by atoms with Crippen LogP contribution in [-0.2, 0) is 0 Å². The normalized spacial score (nSPS) is 7.70. The number of aromatic amines is 1. The second-order valence-corrected chi connectivity index (χ2v) is 1.56. The van der Waals surface area contributed by atoms with Crippen LogP contribution in [0.4, 0.5) is 0 Å². The molecule has 0 fully saturated rings. The minimum Gasteiger partial charge on any atom is -0.310 e. The predicted molar refractivity (Wildman–Crippen MR) is 40.8 cm³/mol. The fraction of sp³-hybridized carbons (Fsp3) is 0.143. The Morgan fingerprint density at radius 3 is 2.50 bits per heavy atom. The molecule has 0 aliphatic carbocycles. The Labute approximate surface area is 59.4 Å². The highest BCUT2D eigenvalue weighted by atomic mass is 16.1. The summed E-state index contributed by atoms with van der Waals surface area (Å²) < 4.78 is 0. The topological polar surface area (TPSA) is 45.8 Å². The van der Waals surface area contributed by atoms with Gasteiger partial charge in [-0.3, -0.25) is 0 Å². The lowest BCUT2D eigenvalue weighted by atomic mass is 10.5.